The van der Waals surface area contributed by atoms with Gasteiger partial charge >= 0.3 is 0 Å². The summed E-state index contributed by atoms with van der Waals surface area (Å²) < 4.78 is 1.59. The monoisotopic (exact) mass is 383 g/mol. The summed E-state index contributed by atoms with van der Waals surface area (Å²) in [5, 5.41) is 3.20. The fourth-order valence-corrected chi connectivity index (χ4v) is 4.92. The van der Waals surface area contributed by atoms with Crippen molar-refractivity contribution in [1.29, 1.82) is 0 Å². The van der Waals surface area contributed by atoms with Gasteiger partial charge in [-0.15, -0.1) is 11.8 Å². The van der Waals surface area contributed by atoms with Crippen molar-refractivity contribution in [2.45, 2.75) is 30.7 Å². The number of thioether (sulfide) groups is 1. The van der Waals surface area contributed by atoms with Crippen LogP contribution in [-0.2, 0) is 0 Å². The predicted molar refractivity (Wildman–Crippen MR) is 109 cm³/mol. The first kappa shape index (κ1) is 18.3. The summed E-state index contributed by atoms with van der Waals surface area (Å²) in [6, 6.07) is 11.1. The number of rotatable bonds is 5. The number of hydrogen-bond donors (Lipinski definition) is 1. The lowest BCUT2D eigenvalue weighted by atomic mass is 9.84. The Hall–Kier alpha value is -2.05. The molecule has 4 heterocycles. The highest BCUT2D eigenvalue weighted by Crippen LogP contribution is 2.28. The molecule has 27 heavy (non-hydrogen) atoms. The Morgan fingerprint density at radius 1 is 1.19 bits per heavy atom. The number of carbonyl (C=O) groups excluding carboxylic acids is 1. The first-order valence-electron chi connectivity index (χ1n) is 9.64. The van der Waals surface area contributed by atoms with E-state index >= 15 is 0 Å². The van der Waals surface area contributed by atoms with Crippen LogP contribution in [0.25, 0.3) is 5.69 Å². The lowest BCUT2D eigenvalue weighted by Gasteiger charge is -2.44. The minimum absolute atomic E-state index is 0.0943. The summed E-state index contributed by atoms with van der Waals surface area (Å²) in [5.74, 6) is 1.40. The molecule has 0 spiro atoms. The molecule has 1 aromatic carbocycles. The largest absolute Gasteiger partial charge is 0.348 e. The number of fused-ring (bicyclic) bond motifs is 3. The molecule has 1 unspecified atom stereocenters. The van der Waals surface area contributed by atoms with Crippen molar-refractivity contribution < 1.29 is 4.79 Å². The number of nitrogens with zero attached hydrogens (tertiary/aromatic N) is 2. The number of aromatic nitrogens is 1. The van der Waals surface area contributed by atoms with Gasteiger partial charge in [-0.3, -0.25) is 14.2 Å². The van der Waals surface area contributed by atoms with Gasteiger partial charge in [0.1, 0.15) is 0 Å². The molecule has 3 saturated heterocycles. The van der Waals surface area contributed by atoms with E-state index in [0.717, 1.165) is 48.8 Å². The van der Waals surface area contributed by atoms with Gasteiger partial charge in [0.05, 0.1) is 11.3 Å². The van der Waals surface area contributed by atoms with E-state index in [4.69, 9.17) is 0 Å². The van der Waals surface area contributed by atoms with Gasteiger partial charge in [-0.1, -0.05) is 19.1 Å². The Labute approximate surface area is 163 Å². The summed E-state index contributed by atoms with van der Waals surface area (Å²) in [5.41, 5.74) is 1.23. The number of pyridine rings is 1. The molecular weight excluding hydrogens is 358 g/mol. The van der Waals surface area contributed by atoms with Crippen LogP contribution < -0.4 is 10.9 Å². The van der Waals surface area contributed by atoms with Crippen LogP contribution in [-0.4, -0.2) is 46.8 Å². The van der Waals surface area contributed by atoms with E-state index in [2.05, 4.69) is 17.1 Å². The maximum atomic E-state index is 12.8. The van der Waals surface area contributed by atoms with Gasteiger partial charge in [0.2, 0.25) is 0 Å². The summed E-state index contributed by atoms with van der Waals surface area (Å²) in [6.07, 6.45) is 3.99. The number of benzene rings is 1. The van der Waals surface area contributed by atoms with Crippen molar-refractivity contribution in [3.63, 3.8) is 0 Å². The highest BCUT2D eigenvalue weighted by atomic mass is 32.2. The zero-order chi connectivity index (χ0) is 18.8. The van der Waals surface area contributed by atoms with E-state index in [1.54, 1.807) is 28.6 Å². The molecule has 142 valence electrons. The van der Waals surface area contributed by atoms with Gasteiger partial charge in [-0.05, 0) is 55.8 Å². The van der Waals surface area contributed by atoms with Crippen LogP contribution in [0.15, 0.2) is 52.3 Å². The third-order valence-electron chi connectivity index (χ3n) is 5.57. The second-order valence-electron chi connectivity index (χ2n) is 7.24. The quantitative estimate of drug-likeness (QED) is 0.807. The molecule has 0 aliphatic carbocycles. The lowest BCUT2D eigenvalue weighted by molar-refractivity contribution is 0.0620. The minimum atomic E-state index is -0.126. The normalized spacial score (nSPS) is 24.0. The SMILES string of the molecule is CCSc1ccccc1-n1cc(C(=O)NC2CN3CCC2CC3)ccc1=O. The minimum Gasteiger partial charge on any atom is -0.348 e. The Morgan fingerprint density at radius 2 is 1.96 bits per heavy atom. The summed E-state index contributed by atoms with van der Waals surface area (Å²) in [4.78, 5) is 28.8. The van der Waals surface area contributed by atoms with Crippen molar-refractivity contribution in [3.05, 3.63) is 58.5 Å². The van der Waals surface area contributed by atoms with Crippen LogP contribution in [0, 0.1) is 5.92 Å². The molecule has 0 saturated carbocycles. The molecule has 2 bridgehead atoms. The zero-order valence-electron chi connectivity index (χ0n) is 15.6. The van der Waals surface area contributed by atoms with E-state index in [-0.39, 0.29) is 17.5 Å². The molecule has 3 aliphatic rings. The second kappa shape index (κ2) is 7.90. The zero-order valence-corrected chi connectivity index (χ0v) is 16.4. The Balaban J connectivity index is 1.59. The Morgan fingerprint density at radius 3 is 2.67 bits per heavy atom. The molecule has 6 heteroatoms. The molecule has 3 aliphatic heterocycles. The van der Waals surface area contributed by atoms with Crippen molar-refractivity contribution in [2.75, 3.05) is 25.4 Å². The Bertz CT molecular complexity index is 887. The van der Waals surface area contributed by atoms with Gasteiger partial charge < -0.3 is 10.2 Å². The van der Waals surface area contributed by atoms with Gasteiger partial charge in [0.15, 0.2) is 0 Å². The Kier molecular flexibility index (Phi) is 5.36. The molecule has 0 radical (unpaired) electrons. The number of carbonyl (C=O) groups is 1. The van der Waals surface area contributed by atoms with E-state index in [1.807, 2.05) is 24.3 Å². The maximum Gasteiger partial charge on any atom is 0.255 e. The first-order valence-corrected chi connectivity index (χ1v) is 10.6. The second-order valence-corrected chi connectivity index (χ2v) is 8.55. The van der Waals surface area contributed by atoms with E-state index in [1.165, 1.54) is 6.07 Å². The highest BCUT2D eigenvalue weighted by molar-refractivity contribution is 7.99. The molecule has 2 aromatic rings. The molecule has 5 nitrogen and oxygen atoms in total. The number of piperidine rings is 3. The molecule has 1 aromatic heterocycles. The maximum absolute atomic E-state index is 12.8. The van der Waals surface area contributed by atoms with Crippen LogP contribution in [0.3, 0.4) is 0 Å². The fraction of sp³-hybridized carbons (Fsp3) is 0.429. The van der Waals surface area contributed by atoms with Crippen LogP contribution in [0.1, 0.15) is 30.1 Å². The van der Waals surface area contributed by atoms with Gasteiger partial charge in [-0.2, -0.15) is 0 Å². The average Bonchev–Trinajstić information content (AvgIpc) is 2.70. The van der Waals surface area contributed by atoms with Crippen LogP contribution in [0.5, 0.6) is 0 Å². The van der Waals surface area contributed by atoms with Gasteiger partial charge in [0.25, 0.3) is 11.5 Å². The summed E-state index contributed by atoms with van der Waals surface area (Å²) in [7, 11) is 0. The topological polar surface area (TPSA) is 54.3 Å². The molecule has 3 fully saturated rings. The smallest absolute Gasteiger partial charge is 0.255 e. The molecule has 1 amide bonds. The first-order chi connectivity index (χ1) is 13.2. The highest BCUT2D eigenvalue weighted by Gasteiger charge is 2.35. The third kappa shape index (κ3) is 3.82. The van der Waals surface area contributed by atoms with Gasteiger partial charge in [0, 0.05) is 29.7 Å². The standard InChI is InChI=1S/C21H25N3O2S/c1-2-27-19-6-4-3-5-18(19)24-13-16(7-8-20(24)25)21(26)22-17-14-23-11-9-15(17)10-12-23/h3-8,13,15,17H,2,9-12,14H2,1H3,(H,22,26). The van der Waals surface area contributed by atoms with Crippen LogP contribution in [0.4, 0.5) is 0 Å². The van der Waals surface area contributed by atoms with E-state index in [0.29, 0.717) is 11.5 Å². The van der Waals surface area contributed by atoms with Gasteiger partial charge in [-0.25, -0.2) is 0 Å². The van der Waals surface area contributed by atoms with Crippen molar-refractivity contribution in [3.8, 4) is 5.69 Å². The lowest BCUT2D eigenvalue weighted by Crippen LogP contribution is -2.57. The van der Waals surface area contributed by atoms with Crippen molar-refractivity contribution >= 4 is 17.7 Å². The van der Waals surface area contributed by atoms with E-state index in [9.17, 15) is 9.59 Å². The fourth-order valence-electron chi connectivity index (χ4n) is 4.12. The number of hydrogen-bond acceptors (Lipinski definition) is 4. The molecule has 1 atom stereocenters. The van der Waals surface area contributed by atoms with Crippen LogP contribution >= 0.6 is 11.8 Å². The third-order valence-corrected chi connectivity index (χ3v) is 6.52. The van der Waals surface area contributed by atoms with E-state index < -0.39 is 0 Å². The number of nitrogens with one attached hydrogen (secondary N) is 1. The molecular formula is C21H25N3O2S. The summed E-state index contributed by atoms with van der Waals surface area (Å²) >= 11 is 1.69. The van der Waals surface area contributed by atoms with Crippen molar-refractivity contribution in [2.24, 2.45) is 5.92 Å². The number of para-hydroxylation sites is 1. The average molecular weight is 384 g/mol. The molecule has 5 rings (SSSR count). The van der Waals surface area contributed by atoms with Crippen LogP contribution in [0.2, 0.25) is 0 Å². The number of amides is 1. The van der Waals surface area contributed by atoms with Crippen molar-refractivity contribution in [1.82, 2.24) is 14.8 Å². The molecule has 1 N–H and O–H groups in total. The predicted octanol–water partition coefficient (Wildman–Crippen LogP) is 2.77. The summed E-state index contributed by atoms with van der Waals surface area (Å²) in [6.45, 7) is 5.32.